The number of anilines is 1. The summed E-state index contributed by atoms with van der Waals surface area (Å²) >= 11 is 0. The molecule has 2 rings (SSSR count). The van der Waals surface area contributed by atoms with Gasteiger partial charge in [-0.3, -0.25) is 4.79 Å². The van der Waals surface area contributed by atoms with Gasteiger partial charge in [0.15, 0.2) is 0 Å². The highest BCUT2D eigenvalue weighted by molar-refractivity contribution is 5.95. The first-order valence-corrected chi connectivity index (χ1v) is 5.39. The van der Waals surface area contributed by atoms with Crippen LogP contribution in [0.4, 0.5) is 5.69 Å². The Morgan fingerprint density at radius 3 is 2.53 bits per heavy atom. The van der Waals surface area contributed by atoms with E-state index in [1.807, 2.05) is 24.3 Å². The first-order chi connectivity index (χ1) is 7.74. The van der Waals surface area contributed by atoms with Gasteiger partial charge in [0.2, 0.25) is 5.91 Å². The molecule has 0 aromatic heterocycles. The monoisotopic (exact) mass is 256 g/mol. The molecule has 4 nitrogen and oxygen atoms in total. The molecule has 1 aliphatic heterocycles. The number of rotatable bonds is 3. The van der Waals surface area contributed by atoms with Gasteiger partial charge in [-0.15, -0.1) is 12.4 Å². The van der Waals surface area contributed by atoms with Crippen LogP contribution >= 0.6 is 12.4 Å². The standard InChI is InChI=1S/C12H16N2O2.ClH/c1-16-11-4-2-10(3-5-11)14-8-9(7-13)6-12(14)15;/h2-5,9H,6-8,13H2,1H3;1H. The predicted molar refractivity (Wildman–Crippen MR) is 69.8 cm³/mol. The summed E-state index contributed by atoms with van der Waals surface area (Å²) in [5.41, 5.74) is 6.50. The van der Waals surface area contributed by atoms with Crippen molar-refractivity contribution in [3.63, 3.8) is 0 Å². The Labute approximate surface area is 107 Å². The summed E-state index contributed by atoms with van der Waals surface area (Å²) in [6.07, 6.45) is 0.558. The van der Waals surface area contributed by atoms with Crippen LogP contribution in [-0.4, -0.2) is 26.1 Å². The largest absolute Gasteiger partial charge is 0.497 e. The van der Waals surface area contributed by atoms with E-state index in [1.54, 1.807) is 12.0 Å². The number of benzene rings is 1. The molecule has 1 heterocycles. The van der Waals surface area contributed by atoms with E-state index < -0.39 is 0 Å². The number of nitrogens with zero attached hydrogens (tertiary/aromatic N) is 1. The fourth-order valence-corrected chi connectivity index (χ4v) is 1.95. The van der Waals surface area contributed by atoms with Crippen LogP contribution in [0.1, 0.15) is 6.42 Å². The SMILES string of the molecule is COc1ccc(N2CC(CN)CC2=O)cc1.Cl. The molecule has 17 heavy (non-hydrogen) atoms. The molecule has 5 heteroatoms. The number of halogens is 1. The lowest BCUT2D eigenvalue weighted by Gasteiger charge is -2.16. The summed E-state index contributed by atoms with van der Waals surface area (Å²) in [5, 5.41) is 0. The third kappa shape index (κ3) is 2.90. The number of hydrogen-bond donors (Lipinski definition) is 1. The summed E-state index contributed by atoms with van der Waals surface area (Å²) < 4.78 is 5.08. The number of ether oxygens (including phenoxy) is 1. The third-order valence-corrected chi connectivity index (χ3v) is 2.92. The van der Waals surface area contributed by atoms with Crippen LogP contribution < -0.4 is 15.4 Å². The maximum Gasteiger partial charge on any atom is 0.227 e. The maximum atomic E-state index is 11.7. The van der Waals surface area contributed by atoms with Gasteiger partial charge in [0.25, 0.3) is 0 Å². The van der Waals surface area contributed by atoms with Gasteiger partial charge in [0, 0.05) is 18.7 Å². The van der Waals surface area contributed by atoms with E-state index in [0.717, 1.165) is 18.0 Å². The number of carbonyl (C=O) groups is 1. The Balaban J connectivity index is 0.00000144. The highest BCUT2D eigenvalue weighted by Crippen LogP contribution is 2.26. The quantitative estimate of drug-likeness (QED) is 0.890. The van der Waals surface area contributed by atoms with Crippen LogP contribution in [0.5, 0.6) is 5.75 Å². The van der Waals surface area contributed by atoms with Gasteiger partial charge in [0.05, 0.1) is 7.11 Å². The summed E-state index contributed by atoms with van der Waals surface area (Å²) in [6.45, 7) is 1.29. The minimum Gasteiger partial charge on any atom is -0.497 e. The van der Waals surface area contributed by atoms with E-state index in [0.29, 0.717) is 13.0 Å². The molecule has 1 aliphatic rings. The lowest BCUT2D eigenvalue weighted by molar-refractivity contribution is -0.117. The fourth-order valence-electron chi connectivity index (χ4n) is 1.95. The summed E-state index contributed by atoms with van der Waals surface area (Å²) in [7, 11) is 1.63. The van der Waals surface area contributed by atoms with Gasteiger partial charge in [-0.2, -0.15) is 0 Å². The molecule has 1 aromatic carbocycles. The van der Waals surface area contributed by atoms with E-state index >= 15 is 0 Å². The third-order valence-electron chi connectivity index (χ3n) is 2.92. The summed E-state index contributed by atoms with van der Waals surface area (Å²) in [5.74, 6) is 1.24. The Morgan fingerprint density at radius 2 is 2.06 bits per heavy atom. The Kier molecular flexibility index (Phi) is 4.78. The molecule has 0 radical (unpaired) electrons. The van der Waals surface area contributed by atoms with Gasteiger partial charge >= 0.3 is 0 Å². The van der Waals surface area contributed by atoms with Crippen molar-refractivity contribution in [2.75, 3.05) is 25.1 Å². The van der Waals surface area contributed by atoms with Gasteiger partial charge in [0.1, 0.15) is 5.75 Å². The van der Waals surface area contributed by atoms with Crippen molar-refractivity contribution in [1.29, 1.82) is 0 Å². The molecule has 1 atom stereocenters. The zero-order chi connectivity index (χ0) is 11.5. The van der Waals surface area contributed by atoms with Gasteiger partial charge in [-0.05, 0) is 36.7 Å². The van der Waals surface area contributed by atoms with E-state index in [2.05, 4.69) is 0 Å². The maximum absolute atomic E-state index is 11.7. The Bertz CT molecular complexity index is 381. The van der Waals surface area contributed by atoms with Crippen LogP contribution in [0.2, 0.25) is 0 Å². The van der Waals surface area contributed by atoms with Crippen molar-refractivity contribution in [2.24, 2.45) is 11.7 Å². The molecule has 1 amide bonds. The molecule has 0 bridgehead atoms. The van der Waals surface area contributed by atoms with E-state index in [4.69, 9.17) is 10.5 Å². The summed E-state index contributed by atoms with van der Waals surface area (Å²) in [4.78, 5) is 13.5. The normalized spacial score (nSPS) is 19.1. The average molecular weight is 257 g/mol. The van der Waals surface area contributed by atoms with E-state index in [1.165, 1.54) is 0 Å². The van der Waals surface area contributed by atoms with Crippen LogP contribution in [0, 0.1) is 5.92 Å². The second-order valence-corrected chi connectivity index (χ2v) is 4.01. The van der Waals surface area contributed by atoms with Crippen molar-refractivity contribution in [3.05, 3.63) is 24.3 Å². The van der Waals surface area contributed by atoms with Gasteiger partial charge in [-0.25, -0.2) is 0 Å². The number of amides is 1. The minimum absolute atomic E-state index is 0. The highest BCUT2D eigenvalue weighted by atomic mass is 35.5. The summed E-state index contributed by atoms with van der Waals surface area (Å²) in [6, 6.07) is 7.52. The Morgan fingerprint density at radius 1 is 1.41 bits per heavy atom. The molecule has 94 valence electrons. The molecule has 1 aromatic rings. The van der Waals surface area contributed by atoms with Crippen LogP contribution in [0.25, 0.3) is 0 Å². The van der Waals surface area contributed by atoms with Crippen LogP contribution in [0.15, 0.2) is 24.3 Å². The lowest BCUT2D eigenvalue weighted by atomic mass is 10.1. The molecule has 2 N–H and O–H groups in total. The van der Waals surface area contributed by atoms with Crippen LogP contribution in [-0.2, 0) is 4.79 Å². The van der Waals surface area contributed by atoms with Gasteiger partial charge in [-0.1, -0.05) is 0 Å². The topological polar surface area (TPSA) is 55.6 Å². The van der Waals surface area contributed by atoms with Crippen molar-refractivity contribution in [2.45, 2.75) is 6.42 Å². The number of methoxy groups -OCH3 is 1. The van der Waals surface area contributed by atoms with E-state index in [9.17, 15) is 4.79 Å². The number of hydrogen-bond acceptors (Lipinski definition) is 3. The second-order valence-electron chi connectivity index (χ2n) is 4.01. The van der Waals surface area contributed by atoms with Crippen molar-refractivity contribution in [3.8, 4) is 5.75 Å². The first kappa shape index (κ1) is 13.8. The predicted octanol–water partition coefficient (Wildman–Crippen LogP) is 1.43. The smallest absolute Gasteiger partial charge is 0.227 e. The molecule has 0 aliphatic carbocycles. The van der Waals surface area contributed by atoms with Crippen molar-refractivity contribution in [1.82, 2.24) is 0 Å². The second kappa shape index (κ2) is 5.89. The Hall–Kier alpha value is -1.26. The van der Waals surface area contributed by atoms with Gasteiger partial charge < -0.3 is 15.4 Å². The first-order valence-electron chi connectivity index (χ1n) is 5.39. The minimum atomic E-state index is 0. The highest BCUT2D eigenvalue weighted by Gasteiger charge is 2.29. The lowest BCUT2D eigenvalue weighted by Crippen LogP contribution is -2.25. The van der Waals surface area contributed by atoms with E-state index in [-0.39, 0.29) is 24.2 Å². The zero-order valence-electron chi connectivity index (χ0n) is 9.76. The molecule has 1 fully saturated rings. The molecular weight excluding hydrogens is 240 g/mol. The average Bonchev–Trinajstić information content (AvgIpc) is 2.71. The number of carbonyl (C=O) groups excluding carboxylic acids is 1. The number of nitrogens with two attached hydrogens (primary N) is 1. The van der Waals surface area contributed by atoms with Crippen molar-refractivity contribution >= 4 is 24.0 Å². The van der Waals surface area contributed by atoms with Crippen molar-refractivity contribution < 1.29 is 9.53 Å². The van der Waals surface area contributed by atoms with Crippen LogP contribution in [0.3, 0.4) is 0 Å². The molecule has 1 unspecified atom stereocenters. The molecular formula is C12H17ClN2O2. The molecule has 0 saturated carbocycles. The fraction of sp³-hybridized carbons (Fsp3) is 0.417. The zero-order valence-corrected chi connectivity index (χ0v) is 10.6. The molecule has 0 spiro atoms. The molecule has 1 saturated heterocycles.